The highest BCUT2D eigenvalue weighted by Gasteiger charge is 2.13. The molecule has 0 nitrogen and oxygen atoms in total. The van der Waals surface area contributed by atoms with Gasteiger partial charge in [-0.25, -0.2) is 8.78 Å². The first kappa shape index (κ1) is 20.2. The highest BCUT2D eigenvalue weighted by molar-refractivity contribution is 6.44. The lowest BCUT2D eigenvalue weighted by atomic mass is 9.72. The summed E-state index contributed by atoms with van der Waals surface area (Å²) in [5.74, 6) is -0.750. The highest BCUT2D eigenvalue weighted by Crippen LogP contribution is 2.27. The van der Waals surface area contributed by atoms with E-state index < -0.39 is 11.6 Å². The number of allylic oxidation sites excluding steroid dienone is 7. The molecule has 0 bridgehead atoms. The third-order valence-corrected chi connectivity index (χ3v) is 4.32. The van der Waals surface area contributed by atoms with Crippen molar-refractivity contribution in [2.24, 2.45) is 5.92 Å². The molecule has 0 radical (unpaired) electrons. The van der Waals surface area contributed by atoms with Crippen molar-refractivity contribution >= 4 is 12.9 Å². The molecular weight excluding hydrogens is 301 g/mol. The number of hydrogen-bond acceptors (Lipinski definition) is 0. The Bertz CT molecular complexity index is 634. The predicted molar refractivity (Wildman–Crippen MR) is 103 cm³/mol. The van der Waals surface area contributed by atoms with Crippen molar-refractivity contribution in [3.05, 3.63) is 77.3 Å². The van der Waals surface area contributed by atoms with Crippen molar-refractivity contribution in [3.63, 3.8) is 0 Å². The molecule has 128 valence electrons. The van der Waals surface area contributed by atoms with Crippen molar-refractivity contribution in [2.45, 2.75) is 40.4 Å². The first-order valence-electron chi connectivity index (χ1n) is 8.52. The van der Waals surface area contributed by atoms with Crippen molar-refractivity contribution < 1.29 is 8.78 Å². The fraction of sp³-hybridized carbons (Fsp3) is 0.333. The van der Waals surface area contributed by atoms with Gasteiger partial charge in [0.1, 0.15) is 11.6 Å². The highest BCUT2D eigenvalue weighted by atomic mass is 19.1. The molecule has 0 aromatic heterocycles. The van der Waals surface area contributed by atoms with Gasteiger partial charge in [0, 0.05) is 5.56 Å². The maximum absolute atomic E-state index is 13.8. The second-order valence-electron chi connectivity index (χ2n) is 6.15. The summed E-state index contributed by atoms with van der Waals surface area (Å²) < 4.78 is 27.6. The van der Waals surface area contributed by atoms with Gasteiger partial charge < -0.3 is 0 Å². The van der Waals surface area contributed by atoms with E-state index in [2.05, 4.69) is 45.5 Å². The van der Waals surface area contributed by atoms with Crippen LogP contribution in [0.2, 0.25) is 6.82 Å². The third kappa shape index (κ3) is 5.95. The Morgan fingerprint density at radius 3 is 2.42 bits per heavy atom. The molecule has 24 heavy (non-hydrogen) atoms. The minimum Gasteiger partial charge on any atom is -0.206 e. The first-order chi connectivity index (χ1) is 11.4. The maximum Gasteiger partial charge on any atom is 0.154 e. The molecule has 0 saturated heterocycles. The molecule has 1 aromatic rings. The van der Waals surface area contributed by atoms with Crippen LogP contribution >= 0.6 is 0 Å². The van der Waals surface area contributed by atoms with Crippen molar-refractivity contribution in [2.75, 3.05) is 0 Å². The molecule has 1 atom stereocenters. The molecule has 0 spiro atoms. The van der Waals surface area contributed by atoms with Crippen LogP contribution in [0.3, 0.4) is 0 Å². The van der Waals surface area contributed by atoms with Crippen LogP contribution in [0.1, 0.15) is 39.2 Å². The monoisotopic (exact) mass is 328 g/mol. The van der Waals surface area contributed by atoms with Gasteiger partial charge >= 0.3 is 0 Å². The summed E-state index contributed by atoms with van der Waals surface area (Å²) in [5.41, 5.74) is 3.07. The molecule has 0 heterocycles. The minimum absolute atomic E-state index is 0.0209. The van der Waals surface area contributed by atoms with E-state index in [4.69, 9.17) is 0 Å². The molecular formula is C21H27BF2. The Hall–Kier alpha value is -1.90. The van der Waals surface area contributed by atoms with Gasteiger partial charge in [-0.3, -0.25) is 0 Å². The zero-order chi connectivity index (χ0) is 18.1. The third-order valence-electron chi connectivity index (χ3n) is 4.32. The van der Waals surface area contributed by atoms with Crippen LogP contribution in [-0.4, -0.2) is 7.28 Å². The SMILES string of the molecule is C=C(CCC(C)/C(C)=C/C=C(BC)\C=C/C)c1c(F)cccc1F. The van der Waals surface area contributed by atoms with E-state index in [0.717, 1.165) is 13.7 Å². The second kappa shape index (κ2) is 10.1. The largest absolute Gasteiger partial charge is 0.206 e. The van der Waals surface area contributed by atoms with E-state index in [0.29, 0.717) is 17.9 Å². The van der Waals surface area contributed by atoms with Gasteiger partial charge in [-0.15, -0.1) is 0 Å². The molecule has 3 heteroatoms. The lowest BCUT2D eigenvalue weighted by Crippen LogP contribution is -2.00. The first-order valence-corrected chi connectivity index (χ1v) is 8.52. The fourth-order valence-electron chi connectivity index (χ4n) is 2.49. The van der Waals surface area contributed by atoms with Gasteiger partial charge in [0.2, 0.25) is 0 Å². The second-order valence-corrected chi connectivity index (χ2v) is 6.15. The van der Waals surface area contributed by atoms with Gasteiger partial charge in [-0.1, -0.05) is 61.7 Å². The molecule has 0 saturated carbocycles. The van der Waals surface area contributed by atoms with Crippen LogP contribution in [0.4, 0.5) is 8.78 Å². The van der Waals surface area contributed by atoms with E-state index in [1.807, 2.05) is 13.0 Å². The van der Waals surface area contributed by atoms with Crippen LogP contribution in [0.25, 0.3) is 5.57 Å². The van der Waals surface area contributed by atoms with Crippen LogP contribution < -0.4 is 0 Å². The van der Waals surface area contributed by atoms with Gasteiger partial charge in [-0.2, -0.15) is 0 Å². The Morgan fingerprint density at radius 2 is 1.88 bits per heavy atom. The topological polar surface area (TPSA) is 0 Å². The molecule has 1 aromatic carbocycles. The van der Waals surface area contributed by atoms with Gasteiger partial charge in [0.15, 0.2) is 7.28 Å². The molecule has 0 aliphatic rings. The minimum atomic E-state index is -0.540. The zero-order valence-corrected chi connectivity index (χ0v) is 15.2. The van der Waals surface area contributed by atoms with E-state index in [1.165, 1.54) is 29.2 Å². The van der Waals surface area contributed by atoms with E-state index in [9.17, 15) is 8.78 Å². The molecule has 1 rings (SSSR count). The van der Waals surface area contributed by atoms with E-state index in [1.54, 1.807) is 0 Å². The molecule has 0 aliphatic carbocycles. The van der Waals surface area contributed by atoms with Crippen molar-refractivity contribution in [1.82, 2.24) is 0 Å². The number of benzene rings is 1. The maximum atomic E-state index is 13.8. The smallest absolute Gasteiger partial charge is 0.154 e. The Morgan fingerprint density at radius 1 is 1.25 bits per heavy atom. The van der Waals surface area contributed by atoms with Crippen LogP contribution in [0.5, 0.6) is 0 Å². The molecule has 0 fully saturated rings. The number of rotatable bonds is 8. The van der Waals surface area contributed by atoms with Crippen LogP contribution in [0, 0.1) is 17.6 Å². The normalized spacial score (nSPS) is 14.1. The summed E-state index contributed by atoms with van der Waals surface area (Å²) in [7, 11) is 0.992. The molecule has 0 N–H and O–H groups in total. The molecule has 1 unspecified atom stereocenters. The van der Waals surface area contributed by atoms with E-state index in [-0.39, 0.29) is 5.56 Å². The van der Waals surface area contributed by atoms with E-state index >= 15 is 0 Å². The number of halogens is 2. The Labute approximate surface area is 145 Å². The summed E-state index contributed by atoms with van der Waals surface area (Å²) in [6, 6.07) is 3.92. The average Bonchev–Trinajstić information content (AvgIpc) is 2.55. The Kier molecular flexibility index (Phi) is 8.46. The quantitative estimate of drug-likeness (QED) is 0.389. The lowest BCUT2D eigenvalue weighted by molar-refractivity contribution is 0.571. The summed E-state index contributed by atoms with van der Waals surface area (Å²) in [6.07, 6.45) is 9.80. The molecule has 0 amide bonds. The predicted octanol–water partition coefficient (Wildman–Crippen LogP) is 6.29. The summed E-state index contributed by atoms with van der Waals surface area (Å²) in [5, 5.41) is 0. The summed E-state index contributed by atoms with van der Waals surface area (Å²) >= 11 is 0. The summed E-state index contributed by atoms with van der Waals surface area (Å²) in [6.45, 7) is 12.2. The van der Waals surface area contributed by atoms with Crippen molar-refractivity contribution in [1.29, 1.82) is 0 Å². The molecule has 0 aliphatic heterocycles. The van der Waals surface area contributed by atoms with Crippen LogP contribution in [0.15, 0.2) is 60.1 Å². The fourth-order valence-corrected chi connectivity index (χ4v) is 2.49. The number of hydrogen-bond donors (Lipinski definition) is 0. The van der Waals surface area contributed by atoms with Crippen LogP contribution in [-0.2, 0) is 0 Å². The van der Waals surface area contributed by atoms with Gasteiger partial charge in [0.25, 0.3) is 0 Å². The zero-order valence-electron chi connectivity index (χ0n) is 15.2. The van der Waals surface area contributed by atoms with Gasteiger partial charge in [-0.05, 0) is 50.3 Å². The van der Waals surface area contributed by atoms with Crippen molar-refractivity contribution in [3.8, 4) is 0 Å². The Balaban J connectivity index is 2.71. The standard InChI is InChI=1S/C21H27BF2/c1-6-8-18(22-5)14-13-16(3)15(2)11-12-17(4)21-19(23)9-7-10-20(21)24/h6-10,13-15,22H,4,11-12H2,1-3,5H3/b8-6-,16-13+,18-14+. The summed E-state index contributed by atoms with van der Waals surface area (Å²) in [4.78, 5) is 0. The van der Waals surface area contributed by atoms with Gasteiger partial charge in [0.05, 0.1) is 0 Å². The lowest BCUT2D eigenvalue weighted by Gasteiger charge is -2.14. The average molecular weight is 328 g/mol.